The molecule has 0 radical (unpaired) electrons. The maximum absolute atomic E-state index is 12.3. The second-order valence-electron chi connectivity index (χ2n) is 3.29. The smallest absolute Gasteiger partial charge is 0.416 e. The van der Waals surface area contributed by atoms with E-state index in [4.69, 9.17) is 4.74 Å². The van der Waals surface area contributed by atoms with Gasteiger partial charge < -0.3 is 9.26 Å². The first-order valence-corrected chi connectivity index (χ1v) is 4.77. The maximum atomic E-state index is 12.3. The van der Waals surface area contributed by atoms with Crippen LogP contribution in [0.1, 0.15) is 16.1 Å². The number of hydrogen-bond donors (Lipinski definition) is 0. The van der Waals surface area contributed by atoms with Gasteiger partial charge in [-0.05, 0) is 24.3 Å². The fraction of sp³-hybridized carbons (Fsp3) is 0.0909. The van der Waals surface area contributed by atoms with Crippen LogP contribution in [0.25, 0.3) is 0 Å². The summed E-state index contributed by atoms with van der Waals surface area (Å²) in [5, 5.41) is 3.31. The van der Waals surface area contributed by atoms with Gasteiger partial charge in [0.2, 0.25) is 5.76 Å². The lowest BCUT2D eigenvalue weighted by molar-refractivity contribution is -0.137. The zero-order valence-corrected chi connectivity index (χ0v) is 8.77. The second-order valence-corrected chi connectivity index (χ2v) is 3.29. The third kappa shape index (κ3) is 2.68. The molecule has 1 aromatic carbocycles. The van der Waals surface area contributed by atoms with E-state index in [0.717, 1.165) is 24.3 Å². The minimum Gasteiger partial charge on any atom is -0.421 e. The van der Waals surface area contributed by atoms with Gasteiger partial charge in [0.05, 0.1) is 11.8 Å². The molecule has 0 unspecified atom stereocenters. The van der Waals surface area contributed by atoms with Crippen LogP contribution in [-0.4, -0.2) is 11.1 Å². The zero-order chi connectivity index (χ0) is 13.2. The molecule has 4 nitrogen and oxygen atoms in total. The quantitative estimate of drug-likeness (QED) is 0.613. The first-order chi connectivity index (χ1) is 8.47. The van der Waals surface area contributed by atoms with Gasteiger partial charge in [0.1, 0.15) is 5.75 Å². The van der Waals surface area contributed by atoms with Gasteiger partial charge in [0.25, 0.3) is 0 Å². The SMILES string of the molecule is O=C(Oc1ccc(C(F)(F)F)cc1)c1ccno1. The minimum absolute atomic E-state index is 0.00981. The largest absolute Gasteiger partial charge is 0.421 e. The Hall–Kier alpha value is -2.31. The lowest BCUT2D eigenvalue weighted by Gasteiger charge is -2.07. The van der Waals surface area contributed by atoms with E-state index < -0.39 is 17.7 Å². The highest BCUT2D eigenvalue weighted by Gasteiger charge is 2.30. The van der Waals surface area contributed by atoms with Gasteiger partial charge in [-0.15, -0.1) is 0 Å². The molecule has 1 heterocycles. The van der Waals surface area contributed by atoms with E-state index in [1.54, 1.807) is 0 Å². The molecule has 0 N–H and O–H groups in total. The standard InChI is InChI=1S/C11H6F3NO3/c12-11(13,14)7-1-3-8(4-2-7)17-10(16)9-5-6-15-18-9/h1-6H. The Morgan fingerprint density at radius 3 is 2.33 bits per heavy atom. The van der Waals surface area contributed by atoms with Crippen molar-refractivity contribution in [3.63, 3.8) is 0 Å². The summed E-state index contributed by atoms with van der Waals surface area (Å²) in [6.07, 6.45) is -3.17. The number of benzene rings is 1. The van der Waals surface area contributed by atoms with Crippen LogP contribution in [0.15, 0.2) is 41.1 Å². The van der Waals surface area contributed by atoms with Crippen LogP contribution in [0, 0.1) is 0 Å². The topological polar surface area (TPSA) is 52.3 Å². The van der Waals surface area contributed by atoms with Crippen LogP contribution in [0.3, 0.4) is 0 Å². The Morgan fingerprint density at radius 1 is 1.17 bits per heavy atom. The van der Waals surface area contributed by atoms with Crippen molar-refractivity contribution in [2.75, 3.05) is 0 Å². The fourth-order valence-corrected chi connectivity index (χ4v) is 1.19. The third-order valence-corrected chi connectivity index (χ3v) is 2.03. The van der Waals surface area contributed by atoms with E-state index in [1.165, 1.54) is 12.3 Å². The number of esters is 1. The zero-order valence-electron chi connectivity index (χ0n) is 8.77. The molecule has 0 fully saturated rings. The summed E-state index contributed by atoms with van der Waals surface area (Å²) in [6, 6.07) is 5.03. The van der Waals surface area contributed by atoms with Crippen molar-refractivity contribution in [3.8, 4) is 5.75 Å². The van der Waals surface area contributed by atoms with E-state index in [1.807, 2.05) is 0 Å². The van der Waals surface area contributed by atoms with E-state index >= 15 is 0 Å². The molecule has 2 rings (SSSR count). The number of nitrogens with zero attached hydrogens (tertiary/aromatic N) is 1. The number of hydrogen-bond acceptors (Lipinski definition) is 4. The van der Waals surface area contributed by atoms with Crippen LogP contribution in [0.4, 0.5) is 13.2 Å². The molecular weight excluding hydrogens is 251 g/mol. The summed E-state index contributed by atoms with van der Waals surface area (Å²) in [7, 11) is 0. The molecule has 7 heteroatoms. The highest BCUT2D eigenvalue weighted by Crippen LogP contribution is 2.30. The van der Waals surface area contributed by atoms with Gasteiger partial charge in [-0.25, -0.2) is 4.79 Å². The molecule has 1 aromatic heterocycles. The van der Waals surface area contributed by atoms with Gasteiger partial charge >= 0.3 is 12.1 Å². The molecule has 0 saturated carbocycles. The minimum atomic E-state index is -4.42. The summed E-state index contributed by atoms with van der Waals surface area (Å²) >= 11 is 0. The highest BCUT2D eigenvalue weighted by atomic mass is 19.4. The van der Waals surface area contributed by atoms with E-state index in [2.05, 4.69) is 9.68 Å². The van der Waals surface area contributed by atoms with Crippen molar-refractivity contribution >= 4 is 5.97 Å². The van der Waals surface area contributed by atoms with Crippen LogP contribution in [0.5, 0.6) is 5.75 Å². The van der Waals surface area contributed by atoms with Crippen molar-refractivity contribution in [2.45, 2.75) is 6.18 Å². The monoisotopic (exact) mass is 257 g/mol. The Balaban J connectivity index is 2.09. The van der Waals surface area contributed by atoms with Crippen LogP contribution < -0.4 is 4.74 Å². The first kappa shape index (κ1) is 12.2. The number of halogens is 3. The molecular formula is C11H6F3NO3. The second kappa shape index (κ2) is 4.52. The van der Waals surface area contributed by atoms with Crippen molar-refractivity contribution in [1.29, 1.82) is 0 Å². The molecule has 0 aliphatic heterocycles. The summed E-state index contributed by atoms with van der Waals surface area (Å²) in [4.78, 5) is 11.4. The van der Waals surface area contributed by atoms with Crippen LogP contribution in [-0.2, 0) is 6.18 Å². The van der Waals surface area contributed by atoms with Crippen molar-refractivity contribution in [3.05, 3.63) is 47.9 Å². The fourth-order valence-electron chi connectivity index (χ4n) is 1.19. The molecule has 0 bridgehead atoms. The molecule has 18 heavy (non-hydrogen) atoms. The average Bonchev–Trinajstić information content (AvgIpc) is 2.82. The van der Waals surface area contributed by atoms with Crippen LogP contribution in [0.2, 0.25) is 0 Å². The van der Waals surface area contributed by atoms with Gasteiger partial charge in [-0.2, -0.15) is 13.2 Å². The third-order valence-electron chi connectivity index (χ3n) is 2.03. The van der Waals surface area contributed by atoms with Gasteiger partial charge in [-0.3, -0.25) is 0 Å². The summed E-state index contributed by atoms with van der Waals surface area (Å²) in [5.41, 5.74) is -0.818. The number of ether oxygens (including phenoxy) is 1. The average molecular weight is 257 g/mol. The highest BCUT2D eigenvalue weighted by molar-refractivity contribution is 5.87. The van der Waals surface area contributed by atoms with E-state index in [0.29, 0.717) is 0 Å². The van der Waals surface area contributed by atoms with Crippen LogP contribution >= 0.6 is 0 Å². The predicted octanol–water partition coefficient (Wildman–Crippen LogP) is 2.91. The first-order valence-electron chi connectivity index (χ1n) is 4.77. The van der Waals surface area contributed by atoms with Crippen molar-refractivity contribution in [2.24, 2.45) is 0 Å². The summed E-state index contributed by atoms with van der Waals surface area (Å²) < 4.78 is 46.2. The van der Waals surface area contributed by atoms with Gasteiger partial charge in [0, 0.05) is 6.07 Å². The van der Waals surface area contributed by atoms with E-state index in [-0.39, 0.29) is 11.5 Å². The van der Waals surface area contributed by atoms with Crippen molar-refractivity contribution < 1.29 is 27.2 Å². The molecule has 0 spiro atoms. The number of carbonyl (C=O) groups is 1. The molecule has 0 aliphatic rings. The molecule has 0 atom stereocenters. The number of alkyl halides is 3. The Labute approximate surface area is 99.0 Å². The molecule has 0 aliphatic carbocycles. The van der Waals surface area contributed by atoms with Gasteiger partial charge in [-0.1, -0.05) is 5.16 Å². The number of aromatic nitrogens is 1. The molecule has 94 valence electrons. The normalized spacial score (nSPS) is 11.3. The molecule has 2 aromatic rings. The van der Waals surface area contributed by atoms with Crippen molar-refractivity contribution in [1.82, 2.24) is 5.16 Å². The summed E-state index contributed by atoms with van der Waals surface area (Å²) in [5.74, 6) is -0.966. The predicted molar refractivity (Wildman–Crippen MR) is 52.9 cm³/mol. The Bertz CT molecular complexity index is 532. The van der Waals surface area contributed by atoms with E-state index in [9.17, 15) is 18.0 Å². The molecule has 0 amide bonds. The van der Waals surface area contributed by atoms with Gasteiger partial charge in [0.15, 0.2) is 0 Å². The lowest BCUT2D eigenvalue weighted by atomic mass is 10.2. The summed E-state index contributed by atoms with van der Waals surface area (Å²) in [6.45, 7) is 0. The number of rotatable bonds is 2. The number of carbonyl (C=O) groups excluding carboxylic acids is 1. The Morgan fingerprint density at radius 2 is 1.83 bits per heavy atom. The maximum Gasteiger partial charge on any atom is 0.416 e. The molecule has 0 saturated heterocycles. The Kier molecular flexibility index (Phi) is 3.05. The lowest BCUT2D eigenvalue weighted by Crippen LogP contribution is -2.08.